The van der Waals surface area contributed by atoms with Gasteiger partial charge in [-0.15, -0.1) is 0 Å². The molecule has 0 aromatic carbocycles. The molecule has 1 aliphatic rings. The molecule has 1 unspecified atom stereocenters. The van der Waals surface area contributed by atoms with Crippen molar-refractivity contribution in [2.24, 2.45) is 11.8 Å². The maximum atomic E-state index is 12.4. The predicted octanol–water partition coefficient (Wildman–Crippen LogP) is 0.461. The Kier molecular flexibility index (Phi) is 4.92. The van der Waals surface area contributed by atoms with Crippen LogP contribution in [0.4, 0.5) is 5.69 Å². The van der Waals surface area contributed by atoms with Crippen molar-refractivity contribution in [1.29, 1.82) is 0 Å². The van der Waals surface area contributed by atoms with E-state index in [2.05, 4.69) is 15.1 Å². The lowest BCUT2D eigenvalue weighted by Gasteiger charge is -2.28. The Morgan fingerprint density at radius 3 is 2.80 bits per heavy atom. The number of pyridine rings is 1. The number of nitrogens with zero attached hydrogens (tertiary/aromatic N) is 1. The summed E-state index contributed by atoms with van der Waals surface area (Å²) in [6.07, 6.45) is 3.14. The molecule has 7 nitrogen and oxygen atoms in total. The van der Waals surface area contributed by atoms with Gasteiger partial charge in [-0.25, -0.2) is 18.1 Å². The third-order valence-corrected chi connectivity index (χ3v) is 5.01. The van der Waals surface area contributed by atoms with Crippen LogP contribution < -0.4 is 16.0 Å². The quantitative estimate of drug-likeness (QED) is 0.539. The Balaban J connectivity index is 2.14. The molecule has 2 rings (SSSR count). The summed E-state index contributed by atoms with van der Waals surface area (Å²) in [5, 5.41) is -0.0820. The summed E-state index contributed by atoms with van der Waals surface area (Å²) in [5.41, 5.74) is 2.63. The Morgan fingerprint density at radius 1 is 1.45 bits per heavy atom. The highest BCUT2D eigenvalue weighted by atomic mass is 32.2. The first-order valence-electron chi connectivity index (χ1n) is 6.56. The van der Waals surface area contributed by atoms with E-state index in [4.69, 9.17) is 10.6 Å². The Morgan fingerprint density at radius 2 is 2.15 bits per heavy atom. The number of nitrogen functional groups attached to an aromatic ring is 1. The molecule has 1 atom stereocenters. The first-order valence-corrected chi connectivity index (χ1v) is 8.04. The van der Waals surface area contributed by atoms with E-state index in [0.29, 0.717) is 13.2 Å². The summed E-state index contributed by atoms with van der Waals surface area (Å²) in [6, 6.07) is 3.02. The molecular formula is C12H20N4O3S. The van der Waals surface area contributed by atoms with Crippen LogP contribution in [0.2, 0.25) is 0 Å². The predicted molar refractivity (Wildman–Crippen MR) is 75.4 cm³/mol. The van der Waals surface area contributed by atoms with E-state index in [9.17, 15) is 8.42 Å². The van der Waals surface area contributed by atoms with Gasteiger partial charge in [0.05, 0.1) is 5.69 Å². The lowest BCUT2D eigenvalue weighted by Crippen LogP contribution is -2.40. The Hall–Kier alpha value is -1.22. The molecule has 0 radical (unpaired) electrons. The van der Waals surface area contributed by atoms with Crippen LogP contribution in [0.25, 0.3) is 0 Å². The third kappa shape index (κ3) is 3.45. The second-order valence-electron chi connectivity index (χ2n) is 4.86. The van der Waals surface area contributed by atoms with Crippen LogP contribution in [0, 0.1) is 5.92 Å². The van der Waals surface area contributed by atoms with Crippen LogP contribution in [-0.4, -0.2) is 32.7 Å². The van der Waals surface area contributed by atoms with Gasteiger partial charge in [-0.2, -0.15) is 0 Å². The van der Waals surface area contributed by atoms with Gasteiger partial charge in [0.2, 0.25) is 0 Å². The van der Waals surface area contributed by atoms with Crippen molar-refractivity contribution in [3.8, 4) is 0 Å². The van der Waals surface area contributed by atoms with Crippen LogP contribution in [0.3, 0.4) is 0 Å². The number of anilines is 1. The SMILES string of the molecule is CC(NS(=O)(=O)c1ncccc1NN)C1CCOCC1. The number of sulfonamides is 1. The number of hydrogen-bond donors (Lipinski definition) is 3. The number of nitrogens with one attached hydrogen (secondary N) is 2. The van der Waals surface area contributed by atoms with Gasteiger partial charge in [-0.3, -0.25) is 5.84 Å². The van der Waals surface area contributed by atoms with Gasteiger partial charge < -0.3 is 10.2 Å². The molecule has 0 saturated carbocycles. The summed E-state index contributed by atoms with van der Waals surface area (Å²) < 4.78 is 32.7. The van der Waals surface area contributed by atoms with Crippen molar-refractivity contribution >= 4 is 15.7 Å². The van der Waals surface area contributed by atoms with Crippen LogP contribution in [0.5, 0.6) is 0 Å². The Labute approximate surface area is 118 Å². The largest absolute Gasteiger partial charge is 0.381 e. The molecule has 1 fully saturated rings. The normalized spacial score (nSPS) is 18.7. The molecule has 0 bridgehead atoms. The molecular weight excluding hydrogens is 280 g/mol. The third-order valence-electron chi connectivity index (χ3n) is 3.50. The first-order chi connectivity index (χ1) is 9.54. The zero-order valence-electron chi connectivity index (χ0n) is 11.4. The Bertz CT molecular complexity index is 543. The van der Waals surface area contributed by atoms with Crippen LogP contribution >= 0.6 is 0 Å². The molecule has 0 amide bonds. The minimum absolute atomic E-state index is 0.0820. The second kappa shape index (κ2) is 6.49. The number of nitrogens with two attached hydrogens (primary N) is 1. The zero-order valence-corrected chi connectivity index (χ0v) is 12.2. The molecule has 1 aromatic rings. The maximum Gasteiger partial charge on any atom is 0.260 e. The van der Waals surface area contributed by atoms with E-state index >= 15 is 0 Å². The lowest BCUT2D eigenvalue weighted by molar-refractivity contribution is 0.0585. The van der Waals surface area contributed by atoms with Gasteiger partial charge in [-0.05, 0) is 37.8 Å². The van der Waals surface area contributed by atoms with Gasteiger partial charge in [0, 0.05) is 25.5 Å². The van der Waals surface area contributed by atoms with E-state index in [-0.39, 0.29) is 22.7 Å². The fourth-order valence-corrected chi connectivity index (χ4v) is 3.74. The molecule has 2 heterocycles. The average Bonchev–Trinajstić information content (AvgIpc) is 2.47. The van der Waals surface area contributed by atoms with E-state index in [0.717, 1.165) is 12.8 Å². The highest BCUT2D eigenvalue weighted by molar-refractivity contribution is 7.89. The molecule has 8 heteroatoms. The van der Waals surface area contributed by atoms with Crippen LogP contribution in [-0.2, 0) is 14.8 Å². The van der Waals surface area contributed by atoms with E-state index in [1.807, 2.05) is 6.92 Å². The number of hydrazine groups is 1. The molecule has 4 N–H and O–H groups in total. The van der Waals surface area contributed by atoms with Gasteiger partial charge >= 0.3 is 0 Å². The monoisotopic (exact) mass is 300 g/mol. The molecule has 1 aromatic heterocycles. The van der Waals surface area contributed by atoms with Crippen molar-refractivity contribution in [3.63, 3.8) is 0 Å². The molecule has 0 aliphatic carbocycles. The lowest BCUT2D eigenvalue weighted by atomic mass is 9.94. The fourth-order valence-electron chi connectivity index (χ4n) is 2.33. The van der Waals surface area contributed by atoms with Crippen molar-refractivity contribution in [2.75, 3.05) is 18.6 Å². The summed E-state index contributed by atoms with van der Waals surface area (Å²) in [5.74, 6) is 5.60. The van der Waals surface area contributed by atoms with Crippen LogP contribution in [0.1, 0.15) is 19.8 Å². The van der Waals surface area contributed by atoms with Gasteiger partial charge in [-0.1, -0.05) is 0 Å². The second-order valence-corrected chi connectivity index (χ2v) is 6.49. The van der Waals surface area contributed by atoms with E-state index in [1.165, 1.54) is 6.20 Å². The van der Waals surface area contributed by atoms with Crippen molar-refractivity contribution in [3.05, 3.63) is 18.3 Å². The minimum Gasteiger partial charge on any atom is -0.381 e. The molecule has 112 valence electrons. The molecule has 0 spiro atoms. The van der Waals surface area contributed by atoms with Gasteiger partial charge in [0.15, 0.2) is 5.03 Å². The number of hydrogen-bond acceptors (Lipinski definition) is 6. The average molecular weight is 300 g/mol. The van der Waals surface area contributed by atoms with Crippen molar-refractivity contribution in [2.45, 2.75) is 30.8 Å². The standard InChI is InChI=1S/C12H20N4O3S/c1-9(10-4-7-19-8-5-10)16-20(17,18)12-11(15-13)3-2-6-14-12/h2-3,6,9-10,15-16H,4-5,7-8,13H2,1H3. The van der Waals surface area contributed by atoms with Gasteiger partial charge in [0.25, 0.3) is 10.0 Å². The van der Waals surface area contributed by atoms with Gasteiger partial charge in [0.1, 0.15) is 0 Å². The molecule has 1 aliphatic heterocycles. The summed E-state index contributed by atoms with van der Waals surface area (Å²) in [7, 11) is -3.70. The number of ether oxygens (including phenoxy) is 1. The van der Waals surface area contributed by atoms with Crippen molar-refractivity contribution in [1.82, 2.24) is 9.71 Å². The first kappa shape index (κ1) is 15.2. The topological polar surface area (TPSA) is 106 Å². The molecule has 20 heavy (non-hydrogen) atoms. The van der Waals surface area contributed by atoms with E-state index < -0.39 is 10.0 Å². The highest BCUT2D eigenvalue weighted by Gasteiger charge is 2.27. The summed E-state index contributed by atoms with van der Waals surface area (Å²) in [4.78, 5) is 3.90. The smallest absolute Gasteiger partial charge is 0.260 e. The van der Waals surface area contributed by atoms with Crippen molar-refractivity contribution < 1.29 is 13.2 Å². The zero-order chi connectivity index (χ0) is 14.6. The number of aromatic nitrogens is 1. The highest BCUT2D eigenvalue weighted by Crippen LogP contribution is 2.22. The number of rotatable bonds is 5. The minimum atomic E-state index is -3.70. The summed E-state index contributed by atoms with van der Waals surface area (Å²) in [6.45, 7) is 3.22. The maximum absolute atomic E-state index is 12.4. The van der Waals surface area contributed by atoms with Crippen LogP contribution in [0.15, 0.2) is 23.4 Å². The summed E-state index contributed by atoms with van der Waals surface area (Å²) >= 11 is 0. The molecule has 1 saturated heterocycles. The van der Waals surface area contributed by atoms with E-state index in [1.54, 1.807) is 12.1 Å². The fraction of sp³-hybridized carbons (Fsp3) is 0.583.